The van der Waals surface area contributed by atoms with Gasteiger partial charge in [0.25, 0.3) is 0 Å². The Morgan fingerprint density at radius 3 is 1.50 bits per heavy atom. The minimum absolute atomic E-state index is 0. The van der Waals surface area contributed by atoms with E-state index < -0.39 is 0 Å². The molecule has 0 amide bonds. The van der Waals surface area contributed by atoms with Crippen molar-refractivity contribution < 1.29 is 17.0 Å². The largest absolute Gasteiger partial charge is 2.00 e. The summed E-state index contributed by atoms with van der Waals surface area (Å²) in [7, 11) is 0. The molecule has 0 aliphatic carbocycles. The molecule has 0 aromatic heterocycles. The molecule has 0 bridgehead atoms. The fourth-order valence-electron chi connectivity index (χ4n) is 1.02. The van der Waals surface area contributed by atoms with Gasteiger partial charge in [-0.15, -0.1) is 0 Å². The van der Waals surface area contributed by atoms with Gasteiger partial charge in [0.1, 0.15) is 0 Å². The van der Waals surface area contributed by atoms with Crippen LogP contribution in [0.3, 0.4) is 0 Å². The quantitative estimate of drug-likeness (QED) is 0.415. The topological polar surface area (TPSA) is 0 Å². The van der Waals surface area contributed by atoms with Crippen LogP contribution in [0, 0.1) is 33.8 Å². The van der Waals surface area contributed by atoms with E-state index in [1.165, 1.54) is 22.3 Å². The van der Waals surface area contributed by atoms with Gasteiger partial charge >= 0.3 is 23.1 Å². The molecule has 0 aliphatic rings. The van der Waals surface area contributed by atoms with Crippen molar-refractivity contribution in [2.75, 3.05) is 0 Å². The summed E-state index contributed by atoms with van der Waals surface area (Å²) in [4.78, 5) is 0. The summed E-state index contributed by atoms with van der Waals surface area (Å²) in [6.45, 7) is 8.44. The fraction of sp³-hybridized carbons (Fsp3) is 0.400. The van der Waals surface area contributed by atoms with Crippen molar-refractivity contribution in [3.8, 4) is 0 Å². The molecule has 0 fully saturated rings. The summed E-state index contributed by atoms with van der Waals surface area (Å²) < 4.78 is 0. The van der Waals surface area contributed by atoms with E-state index in [1.807, 2.05) is 0 Å². The number of aryl methyl sites for hydroxylation is 4. The van der Waals surface area contributed by atoms with E-state index >= 15 is 0 Å². The second-order valence-corrected chi connectivity index (χ2v) is 2.89. The van der Waals surface area contributed by atoms with Crippen LogP contribution < -0.4 is 17.0 Å². The normalized spacial score (nSPS) is 8.33. The van der Waals surface area contributed by atoms with E-state index in [0.29, 0.717) is 0 Å². The molecule has 1 aromatic carbocycles. The van der Waals surface area contributed by atoms with Gasteiger partial charge in [-0.3, -0.25) is 0 Å². The Balaban J connectivity index is 0. The zero-order chi connectivity index (χ0) is 7.72. The van der Waals surface area contributed by atoms with E-state index in [9.17, 15) is 0 Å². The third-order valence-corrected chi connectivity index (χ3v) is 1.99. The second kappa shape index (κ2) is 6.00. The maximum atomic E-state index is 3.31. The molecule has 0 nitrogen and oxygen atoms in total. The monoisotopic (exact) mass is 236 g/mol. The Morgan fingerprint density at radius 2 is 1.25 bits per heavy atom. The molecule has 12 heavy (non-hydrogen) atoms. The van der Waals surface area contributed by atoms with Gasteiger partial charge in [0, 0.05) is 0 Å². The van der Waals surface area contributed by atoms with Gasteiger partial charge in [0.2, 0.25) is 0 Å². The van der Waals surface area contributed by atoms with Crippen LogP contribution in [-0.4, -0.2) is 23.1 Å². The number of rotatable bonds is 0. The zero-order valence-corrected chi connectivity index (χ0v) is 11.2. The van der Waals surface area contributed by atoms with Crippen LogP contribution in [-0.2, 0) is 0 Å². The van der Waals surface area contributed by atoms with E-state index in [4.69, 9.17) is 0 Å². The Hall–Kier alpha value is 0.466. The third kappa shape index (κ3) is 3.46. The second-order valence-electron chi connectivity index (χ2n) is 2.89. The predicted octanol–water partition coefficient (Wildman–Crippen LogP) is -0.656. The molecule has 62 valence electrons. The molecule has 0 saturated heterocycles. The molecular weight excluding hydrogens is 224 g/mol. The smallest absolute Gasteiger partial charge is 1.00 e. The number of benzene rings is 1. The minimum Gasteiger partial charge on any atom is -1.00 e. The number of halogens is 1. The van der Waals surface area contributed by atoms with Crippen LogP contribution in [0.1, 0.15) is 22.3 Å². The van der Waals surface area contributed by atoms with Gasteiger partial charge in [-0.2, -0.15) is 34.4 Å². The van der Waals surface area contributed by atoms with Gasteiger partial charge in [-0.25, -0.2) is 0 Å². The maximum Gasteiger partial charge on any atom is 2.00 e. The Kier molecular flexibility index (Phi) is 7.48. The van der Waals surface area contributed by atoms with Gasteiger partial charge in [-0.05, 0) is 0 Å². The molecule has 1 aromatic rings. The van der Waals surface area contributed by atoms with E-state index in [0.717, 1.165) is 0 Å². The summed E-state index contributed by atoms with van der Waals surface area (Å²) in [6, 6.07) is 5.52. The van der Waals surface area contributed by atoms with Crippen LogP contribution in [0.25, 0.3) is 0 Å². The standard InChI is InChI=1S/C10H13.BrH.Mg/c1-7-5-9(3)10(4)6-8(7)2;;/h5H,1-4H3;1H;/q-1;;+2/p-1. The van der Waals surface area contributed by atoms with Crippen LogP contribution in [0.5, 0.6) is 0 Å². The first-order chi connectivity index (χ1) is 4.61. The third-order valence-electron chi connectivity index (χ3n) is 1.99. The fourth-order valence-corrected chi connectivity index (χ4v) is 1.02. The van der Waals surface area contributed by atoms with Gasteiger partial charge in [0.05, 0.1) is 0 Å². The maximum absolute atomic E-state index is 3.31. The summed E-state index contributed by atoms with van der Waals surface area (Å²) >= 11 is 0. The first kappa shape index (κ1) is 15.0. The Bertz CT molecular complexity index is 206. The van der Waals surface area contributed by atoms with Crippen LogP contribution in [0.4, 0.5) is 0 Å². The summed E-state index contributed by atoms with van der Waals surface area (Å²) in [5, 5.41) is 0. The first-order valence-corrected chi connectivity index (χ1v) is 3.58. The number of hydrogen-bond acceptors (Lipinski definition) is 0. The molecule has 0 aliphatic heterocycles. The van der Waals surface area contributed by atoms with Gasteiger partial charge < -0.3 is 17.0 Å². The molecule has 1 rings (SSSR count). The first-order valence-electron chi connectivity index (χ1n) is 3.58. The van der Waals surface area contributed by atoms with Crippen molar-refractivity contribution in [3.63, 3.8) is 0 Å². The van der Waals surface area contributed by atoms with Crippen LogP contribution in [0.2, 0.25) is 0 Å². The molecule has 0 atom stereocenters. The van der Waals surface area contributed by atoms with Crippen molar-refractivity contribution in [3.05, 3.63) is 34.4 Å². The van der Waals surface area contributed by atoms with Gasteiger partial charge in [0.15, 0.2) is 0 Å². The van der Waals surface area contributed by atoms with Crippen LogP contribution >= 0.6 is 0 Å². The summed E-state index contributed by atoms with van der Waals surface area (Å²) in [5.41, 5.74) is 5.21. The Labute approximate surface area is 102 Å². The molecule has 0 spiro atoms. The summed E-state index contributed by atoms with van der Waals surface area (Å²) in [5.74, 6) is 0. The minimum atomic E-state index is 0. The summed E-state index contributed by atoms with van der Waals surface area (Å²) in [6.07, 6.45) is 0. The van der Waals surface area contributed by atoms with Crippen molar-refractivity contribution in [1.29, 1.82) is 0 Å². The molecule has 0 N–H and O–H groups in total. The molecule has 0 heterocycles. The van der Waals surface area contributed by atoms with Crippen molar-refractivity contribution in [2.24, 2.45) is 0 Å². The predicted molar refractivity (Wildman–Crippen MR) is 50.0 cm³/mol. The molecule has 0 radical (unpaired) electrons. The molecule has 2 heteroatoms. The average molecular weight is 237 g/mol. The zero-order valence-electron chi connectivity index (χ0n) is 8.16. The molecule has 0 unspecified atom stereocenters. The van der Waals surface area contributed by atoms with Crippen molar-refractivity contribution in [2.45, 2.75) is 27.7 Å². The van der Waals surface area contributed by atoms with Crippen molar-refractivity contribution in [1.82, 2.24) is 0 Å². The number of hydrogen-bond donors (Lipinski definition) is 0. The van der Waals surface area contributed by atoms with E-state index in [-0.39, 0.29) is 40.0 Å². The molecule has 0 saturated carbocycles. The van der Waals surface area contributed by atoms with E-state index in [2.05, 4.69) is 39.8 Å². The molecular formula is C10H13BrMg. The van der Waals surface area contributed by atoms with Crippen molar-refractivity contribution >= 4 is 23.1 Å². The van der Waals surface area contributed by atoms with Crippen LogP contribution in [0.15, 0.2) is 6.07 Å². The Morgan fingerprint density at radius 1 is 0.917 bits per heavy atom. The van der Waals surface area contributed by atoms with E-state index in [1.54, 1.807) is 0 Å². The SMILES string of the molecule is Cc1[c-]c(C)c(C)cc1C.[Br-].[Mg+2]. The van der Waals surface area contributed by atoms with Gasteiger partial charge in [-0.1, -0.05) is 27.7 Å². The average Bonchev–Trinajstić information content (AvgIpc) is 1.84.